The highest BCUT2D eigenvalue weighted by molar-refractivity contribution is 5.01. The lowest BCUT2D eigenvalue weighted by molar-refractivity contribution is 0.182. The fraction of sp³-hybridized carbons (Fsp3) is 0.750. The van der Waals surface area contributed by atoms with E-state index in [1.54, 1.807) is 0 Å². The van der Waals surface area contributed by atoms with Crippen LogP contribution in [0.15, 0.2) is 4.52 Å². The standard InChI is InChI=1S/C12H19N5O/c1-12(2,3)11-15-10(16-18-11)8-17-5-4-14-7-9(17)6-13/h9,14H,4-5,7-8H2,1-3H3. The minimum Gasteiger partial charge on any atom is -0.339 e. The SMILES string of the molecule is CC(C)(C)c1nc(CN2CCNCC2C#N)no1. The summed E-state index contributed by atoms with van der Waals surface area (Å²) in [5.41, 5.74) is -0.136. The summed E-state index contributed by atoms with van der Waals surface area (Å²) < 4.78 is 5.25. The highest BCUT2D eigenvalue weighted by atomic mass is 16.5. The number of nitrogens with zero attached hydrogens (tertiary/aromatic N) is 4. The van der Waals surface area contributed by atoms with Crippen LogP contribution in [0.1, 0.15) is 32.5 Å². The van der Waals surface area contributed by atoms with Crippen LogP contribution in [0.4, 0.5) is 0 Å². The molecule has 1 N–H and O–H groups in total. The van der Waals surface area contributed by atoms with Gasteiger partial charge in [-0.3, -0.25) is 4.90 Å². The van der Waals surface area contributed by atoms with E-state index in [9.17, 15) is 0 Å². The molecule has 1 atom stereocenters. The second kappa shape index (κ2) is 5.04. The second-order valence-corrected chi connectivity index (χ2v) is 5.59. The first-order valence-corrected chi connectivity index (χ1v) is 6.18. The molecular weight excluding hydrogens is 230 g/mol. The number of rotatable bonds is 2. The van der Waals surface area contributed by atoms with E-state index in [-0.39, 0.29) is 11.5 Å². The quantitative estimate of drug-likeness (QED) is 0.829. The van der Waals surface area contributed by atoms with Gasteiger partial charge in [-0.1, -0.05) is 25.9 Å². The molecule has 0 bridgehead atoms. The predicted octanol–water partition coefficient (Wildman–Crippen LogP) is 0.664. The van der Waals surface area contributed by atoms with Crippen molar-refractivity contribution in [2.45, 2.75) is 38.8 Å². The Hall–Kier alpha value is -1.45. The Morgan fingerprint density at radius 1 is 1.56 bits per heavy atom. The molecule has 1 aromatic heterocycles. The molecule has 1 aliphatic rings. The van der Waals surface area contributed by atoms with Crippen molar-refractivity contribution in [3.8, 4) is 6.07 Å². The van der Waals surface area contributed by atoms with E-state index >= 15 is 0 Å². The van der Waals surface area contributed by atoms with Gasteiger partial charge >= 0.3 is 0 Å². The van der Waals surface area contributed by atoms with Gasteiger partial charge < -0.3 is 9.84 Å². The molecule has 1 unspecified atom stereocenters. The van der Waals surface area contributed by atoms with E-state index in [1.807, 2.05) is 20.8 Å². The summed E-state index contributed by atoms with van der Waals surface area (Å²) in [6, 6.07) is 2.17. The Labute approximate surface area is 107 Å². The molecule has 0 amide bonds. The zero-order chi connectivity index (χ0) is 13.2. The predicted molar refractivity (Wildman–Crippen MR) is 65.7 cm³/mol. The topological polar surface area (TPSA) is 78.0 Å². The highest BCUT2D eigenvalue weighted by Crippen LogP contribution is 2.20. The van der Waals surface area contributed by atoms with Crippen molar-refractivity contribution in [2.24, 2.45) is 0 Å². The van der Waals surface area contributed by atoms with Crippen molar-refractivity contribution in [2.75, 3.05) is 19.6 Å². The molecule has 0 spiro atoms. The minimum absolute atomic E-state index is 0.115. The number of hydrogen-bond donors (Lipinski definition) is 1. The van der Waals surface area contributed by atoms with Gasteiger partial charge in [0.1, 0.15) is 6.04 Å². The third kappa shape index (κ3) is 2.86. The Balaban J connectivity index is 2.05. The molecule has 6 nitrogen and oxygen atoms in total. The maximum atomic E-state index is 9.08. The maximum Gasteiger partial charge on any atom is 0.232 e. The van der Waals surface area contributed by atoms with Crippen molar-refractivity contribution < 1.29 is 4.52 Å². The lowest BCUT2D eigenvalue weighted by atomic mass is 9.97. The average Bonchev–Trinajstić information content (AvgIpc) is 2.78. The normalized spacial score (nSPS) is 21.8. The molecule has 0 saturated carbocycles. The summed E-state index contributed by atoms with van der Waals surface area (Å²) in [5, 5.41) is 16.3. The third-order valence-electron chi connectivity index (χ3n) is 2.96. The summed E-state index contributed by atoms with van der Waals surface area (Å²) in [5.74, 6) is 1.29. The van der Waals surface area contributed by atoms with Crippen LogP contribution < -0.4 is 5.32 Å². The molecular formula is C12H19N5O. The van der Waals surface area contributed by atoms with Gasteiger partial charge in [-0.15, -0.1) is 0 Å². The lowest BCUT2D eigenvalue weighted by Crippen LogP contribution is -2.50. The van der Waals surface area contributed by atoms with E-state index in [2.05, 4.69) is 26.4 Å². The molecule has 18 heavy (non-hydrogen) atoms. The van der Waals surface area contributed by atoms with Crippen molar-refractivity contribution in [1.29, 1.82) is 5.26 Å². The van der Waals surface area contributed by atoms with Gasteiger partial charge in [-0.25, -0.2) is 0 Å². The van der Waals surface area contributed by atoms with Crippen LogP contribution in [0.2, 0.25) is 0 Å². The monoisotopic (exact) mass is 249 g/mol. The number of nitriles is 1. The van der Waals surface area contributed by atoms with Crippen molar-refractivity contribution in [3.63, 3.8) is 0 Å². The summed E-state index contributed by atoms with van der Waals surface area (Å²) in [4.78, 5) is 6.47. The van der Waals surface area contributed by atoms with Gasteiger partial charge in [-0.05, 0) is 0 Å². The minimum atomic E-state index is -0.136. The van der Waals surface area contributed by atoms with Crippen LogP contribution in [-0.2, 0) is 12.0 Å². The van der Waals surface area contributed by atoms with Crippen LogP contribution in [0.3, 0.4) is 0 Å². The number of hydrogen-bond acceptors (Lipinski definition) is 6. The average molecular weight is 249 g/mol. The lowest BCUT2D eigenvalue weighted by Gasteiger charge is -2.30. The fourth-order valence-corrected chi connectivity index (χ4v) is 1.87. The van der Waals surface area contributed by atoms with Crippen molar-refractivity contribution in [1.82, 2.24) is 20.4 Å². The molecule has 0 aromatic carbocycles. The molecule has 0 aliphatic carbocycles. The number of nitrogens with one attached hydrogen (secondary N) is 1. The number of aromatic nitrogens is 2. The first-order chi connectivity index (χ1) is 8.50. The van der Waals surface area contributed by atoms with Crippen LogP contribution in [0, 0.1) is 11.3 Å². The smallest absolute Gasteiger partial charge is 0.232 e. The zero-order valence-corrected chi connectivity index (χ0v) is 11.1. The van der Waals surface area contributed by atoms with Crippen LogP contribution in [0.5, 0.6) is 0 Å². The molecule has 2 heterocycles. The van der Waals surface area contributed by atoms with Gasteiger partial charge in [0.15, 0.2) is 5.82 Å². The first-order valence-electron chi connectivity index (χ1n) is 6.18. The van der Waals surface area contributed by atoms with E-state index in [1.165, 1.54) is 0 Å². The van der Waals surface area contributed by atoms with Gasteiger partial charge in [0.2, 0.25) is 5.89 Å². The van der Waals surface area contributed by atoms with Crippen LogP contribution in [-0.4, -0.2) is 40.7 Å². The van der Waals surface area contributed by atoms with Gasteiger partial charge in [0.05, 0.1) is 12.6 Å². The van der Waals surface area contributed by atoms with Gasteiger partial charge in [-0.2, -0.15) is 10.2 Å². The Kier molecular flexibility index (Phi) is 3.64. The molecule has 98 valence electrons. The first kappa shape index (κ1) is 13.0. The van der Waals surface area contributed by atoms with E-state index in [0.29, 0.717) is 24.8 Å². The Morgan fingerprint density at radius 2 is 2.33 bits per heavy atom. The summed E-state index contributed by atoms with van der Waals surface area (Å²) >= 11 is 0. The van der Waals surface area contributed by atoms with Crippen molar-refractivity contribution >= 4 is 0 Å². The highest BCUT2D eigenvalue weighted by Gasteiger charge is 2.26. The van der Waals surface area contributed by atoms with E-state index in [4.69, 9.17) is 9.78 Å². The summed E-state index contributed by atoms with van der Waals surface area (Å²) in [6.45, 7) is 9.09. The van der Waals surface area contributed by atoms with Gasteiger partial charge in [0, 0.05) is 25.0 Å². The van der Waals surface area contributed by atoms with E-state index in [0.717, 1.165) is 13.1 Å². The zero-order valence-electron chi connectivity index (χ0n) is 11.1. The maximum absolute atomic E-state index is 9.08. The molecule has 1 aromatic rings. The molecule has 1 fully saturated rings. The molecule has 2 rings (SSSR count). The van der Waals surface area contributed by atoms with Crippen LogP contribution in [0.25, 0.3) is 0 Å². The summed E-state index contributed by atoms with van der Waals surface area (Å²) in [7, 11) is 0. The van der Waals surface area contributed by atoms with Crippen molar-refractivity contribution in [3.05, 3.63) is 11.7 Å². The largest absolute Gasteiger partial charge is 0.339 e. The molecule has 1 aliphatic heterocycles. The van der Waals surface area contributed by atoms with Gasteiger partial charge in [0.25, 0.3) is 0 Å². The third-order valence-corrected chi connectivity index (χ3v) is 2.96. The Bertz CT molecular complexity index is 442. The Morgan fingerprint density at radius 3 is 2.94 bits per heavy atom. The second-order valence-electron chi connectivity index (χ2n) is 5.59. The molecule has 6 heteroatoms. The molecule has 0 radical (unpaired) electrons. The summed E-state index contributed by atoms with van der Waals surface area (Å²) in [6.07, 6.45) is 0. The molecule has 1 saturated heterocycles. The fourth-order valence-electron chi connectivity index (χ4n) is 1.87. The van der Waals surface area contributed by atoms with Crippen LogP contribution >= 0.6 is 0 Å². The number of piperazine rings is 1. The van der Waals surface area contributed by atoms with E-state index < -0.39 is 0 Å².